The van der Waals surface area contributed by atoms with Crippen LogP contribution in [0.5, 0.6) is 11.5 Å². The number of benzene rings is 2. The predicted octanol–water partition coefficient (Wildman–Crippen LogP) is 2.99. The number of carbonyl (C=O) groups is 1. The molecule has 0 N–H and O–H groups in total. The lowest BCUT2D eigenvalue weighted by Crippen LogP contribution is -2.08. The van der Waals surface area contributed by atoms with Crippen molar-refractivity contribution in [2.45, 2.75) is 13.0 Å². The van der Waals surface area contributed by atoms with Gasteiger partial charge in [-0.25, -0.2) is 0 Å². The van der Waals surface area contributed by atoms with Crippen LogP contribution >= 0.6 is 0 Å². The van der Waals surface area contributed by atoms with Gasteiger partial charge in [-0.05, 0) is 23.3 Å². The molecule has 0 bridgehead atoms. The lowest BCUT2D eigenvalue weighted by atomic mass is 10.1. The van der Waals surface area contributed by atoms with Crippen molar-refractivity contribution in [2.75, 3.05) is 14.2 Å². The quantitative estimate of drug-likeness (QED) is 0.766. The van der Waals surface area contributed by atoms with E-state index in [1.165, 1.54) is 0 Å². The van der Waals surface area contributed by atoms with Crippen molar-refractivity contribution in [3.8, 4) is 11.5 Å². The highest BCUT2D eigenvalue weighted by molar-refractivity contribution is 5.73. The Morgan fingerprint density at radius 1 is 0.905 bits per heavy atom. The van der Waals surface area contributed by atoms with E-state index in [0.717, 1.165) is 11.1 Å². The third kappa shape index (κ3) is 4.24. The SMILES string of the molecule is COc1ccc(CC(=O)OCc2ccccc2)cc1OC. The largest absolute Gasteiger partial charge is 0.493 e. The van der Waals surface area contributed by atoms with Crippen molar-refractivity contribution in [3.05, 3.63) is 59.7 Å². The summed E-state index contributed by atoms with van der Waals surface area (Å²) in [7, 11) is 3.14. The number of esters is 1. The number of ether oxygens (including phenoxy) is 3. The molecule has 0 saturated carbocycles. The molecule has 0 aromatic heterocycles. The third-order valence-electron chi connectivity index (χ3n) is 3.04. The Kier molecular flexibility index (Phi) is 5.21. The monoisotopic (exact) mass is 286 g/mol. The van der Waals surface area contributed by atoms with Crippen LogP contribution in [0.25, 0.3) is 0 Å². The molecule has 0 aliphatic carbocycles. The maximum absolute atomic E-state index is 11.8. The van der Waals surface area contributed by atoms with Crippen LogP contribution in [0.3, 0.4) is 0 Å². The second-order valence-electron chi connectivity index (χ2n) is 4.51. The molecule has 2 aromatic carbocycles. The first kappa shape index (κ1) is 14.9. The lowest BCUT2D eigenvalue weighted by molar-refractivity contribution is -0.144. The average molecular weight is 286 g/mol. The molecule has 110 valence electrons. The molecule has 4 nitrogen and oxygen atoms in total. The first-order valence-corrected chi connectivity index (χ1v) is 6.63. The fraction of sp³-hybridized carbons (Fsp3) is 0.235. The molecule has 2 aromatic rings. The van der Waals surface area contributed by atoms with E-state index in [0.29, 0.717) is 11.5 Å². The molecule has 0 saturated heterocycles. The highest BCUT2D eigenvalue weighted by Crippen LogP contribution is 2.27. The fourth-order valence-electron chi connectivity index (χ4n) is 1.95. The highest BCUT2D eigenvalue weighted by atomic mass is 16.5. The Morgan fingerprint density at radius 3 is 2.29 bits per heavy atom. The van der Waals surface area contributed by atoms with Crippen molar-refractivity contribution in [3.63, 3.8) is 0 Å². The molecule has 2 rings (SSSR count). The zero-order valence-electron chi connectivity index (χ0n) is 12.2. The molecule has 0 heterocycles. The van der Waals surface area contributed by atoms with E-state index >= 15 is 0 Å². The topological polar surface area (TPSA) is 44.8 Å². The molecule has 0 spiro atoms. The van der Waals surface area contributed by atoms with E-state index in [4.69, 9.17) is 14.2 Å². The van der Waals surface area contributed by atoms with Gasteiger partial charge in [0.1, 0.15) is 6.61 Å². The minimum atomic E-state index is -0.272. The van der Waals surface area contributed by atoms with Gasteiger partial charge in [-0.15, -0.1) is 0 Å². The number of methoxy groups -OCH3 is 2. The Bertz CT molecular complexity index is 593. The summed E-state index contributed by atoms with van der Waals surface area (Å²) in [5.41, 5.74) is 1.80. The summed E-state index contributed by atoms with van der Waals surface area (Å²) < 4.78 is 15.6. The summed E-state index contributed by atoms with van der Waals surface area (Å²) in [4.78, 5) is 11.8. The summed E-state index contributed by atoms with van der Waals surface area (Å²) in [6.07, 6.45) is 0.202. The van der Waals surface area contributed by atoms with Crippen molar-refractivity contribution in [1.82, 2.24) is 0 Å². The third-order valence-corrected chi connectivity index (χ3v) is 3.04. The van der Waals surface area contributed by atoms with E-state index in [1.54, 1.807) is 26.4 Å². The first-order chi connectivity index (χ1) is 10.2. The minimum absolute atomic E-state index is 0.202. The van der Waals surface area contributed by atoms with Crippen LogP contribution in [0.15, 0.2) is 48.5 Å². The number of carbonyl (C=O) groups excluding carboxylic acids is 1. The maximum Gasteiger partial charge on any atom is 0.310 e. The van der Waals surface area contributed by atoms with Crippen molar-refractivity contribution in [1.29, 1.82) is 0 Å². The lowest BCUT2D eigenvalue weighted by Gasteiger charge is -2.09. The maximum atomic E-state index is 11.8. The van der Waals surface area contributed by atoms with Gasteiger partial charge in [0, 0.05) is 0 Å². The van der Waals surface area contributed by atoms with Crippen LogP contribution in [0.2, 0.25) is 0 Å². The van der Waals surface area contributed by atoms with Crippen LogP contribution in [0.1, 0.15) is 11.1 Å². The van der Waals surface area contributed by atoms with E-state index < -0.39 is 0 Å². The van der Waals surface area contributed by atoms with Gasteiger partial charge in [0.15, 0.2) is 11.5 Å². The van der Waals surface area contributed by atoms with Gasteiger partial charge in [-0.1, -0.05) is 36.4 Å². The molecule has 0 fully saturated rings. The van der Waals surface area contributed by atoms with Gasteiger partial charge in [0.05, 0.1) is 20.6 Å². The first-order valence-electron chi connectivity index (χ1n) is 6.63. The van der Waals surface area contributed by atoms with E-state index in [9.17, 15) is 4.79 Å². The Morgan fingerprint density at radius 2 is 1.62 bits per heavy atom. The normalized spacial score (nSPS) is 10.0. The van der Waals surface area contributed by atoms with Crippen LogP contribution in [0, 0.1) is 0 Å². The zero-order chi connectivity index (χ0) is 15.1. The van der Waals surface area contributed by atoms with E-state index in [2.05, 4.69) is 0 Å². The van der Waals surface area contributed by atoms with Gasteiger partial charge < -0.3 is 14.2 Å². The van der Waals surface area contributed by atoms with Crippen LogP contribution in [-0.4, -0.2) is 20.2 Å². The molecule has 0 radical (unpaired) electrons. The second kappa shape index (κ2) is 7.33. The Labute approximate surface area is 124 Å². The summed E-state index contributed by atoms with van der Waals surface area (Å²) >= 11 is 0. The molecule has 0 amide bonds. The Hall–Kier alpha value is -2.49. The van der Waals surface area contributed by atoms with Gasteiger partial charge in [-0.2, -0.15) is 0 Å². The summed E-state index contributed by atoms with van der Waals surface area (Å²) in [5, 5.41) is 0. The molecular formula is C17H18O4. The molecule has 0 atom stereocenters. The molecular weight excluding hydrogens is 268 g/mol. The molecule has 0 aliphatic heterocycles. The van der Waals surface area contributed by atoms with Crippen molar-refractivity contribution >= 4 is 5.97 Å². The predicted molar refractivity (Wildman–Crippen MR) is 79.5 cm³/mol. The van der Waals surface area contributed by atoms with Crippen LogP contribution in [-0.2, 0) is 22.6 Å². The number of hydrogen-bond acceptors (Lipinski definition) is 4. The van der Waals surface area contributed by atoms with Gasteiger partial charge in [-0.3, -0.25) is 4.79 Å². The molecule has 0 unspecified atom stereocenters. The smallest absolute Gasteiger partial charge is 0.310 e. The second-order valence-corrected chi connectivity index (χ2v) is 4.51. The standard InChI is InChI=1S/C17H18O4/c1-19-15-9-8-14(10-16(15)20-2)11-17(18)21-12-13-6-4-3-5-7-13/h3-10H,11-12H2,1-2H3. The van der Waals surface area contributed by atoms with Crippen LogP contribution in [0.4, 0.5) is 0 Å². The van der Waals surface area contributed by atoms with Crippen molar-refractivity contribution < 1.29 is 19.0 Å². The highest BCUT2D eigenvalue weighted by Gasteiger charge is 2.09. The van der Waals surface area contributed by atoms with Gasteiger partial charge >= 0.3 is 5.97 Å². The number of hydrogen-bond donors (Lipinski definition) is 0. The summed E-state index contributed by atoms with van der Waals surface area (Å²) in [6.45, 7) is 0.285. The Balaban J connectivity index is 1.93. The zero-order valence-corrected chi connectivity index (χ0v) is 12.2. The van der Waals surface area contributed by atoms with Crippen LogP contribution < -0.4 is 9.47 Å². The molecule has 0 aliphatic rings. The summed E-state index contributed by atoms with van der Waals surface area (Å²) in [5.74, 6) is 0.968. The fourth-order valence-corrected chi connectivity index (χ4v) is 1.95. The van der Waals surface area contributed by atoms with E-state index in [1.807, 2.05) is 36.4 Å². The minimum Gasteiger partial charge on any atom is -0.493 e. The van der Waals surface area contributed by atoms with E-state index in [-0.39, 0.29) is 19.0 Å². The van der Waals surface area contributed by atoms with Gasteiger partial charge in [0.2, 0.25) is 0 Å². The summed E-state index contributed by atoms with van der Waals surface area (Å²) in [6, 6.07) is 15.0. The molecule has 4 heteroatoms. The molecule has 21 heavy (non-hydrogen) atoms. The average Bonchev–Trinajstić information content (AvgIpc) is 2.53. The number of rotatable bonds is 6. The van der Waals surface area contributed by atoms with Gasteiger partial charge in [0.25, 0.3) is 0 Å². The van der Waals surface area contributed by atoms with Crippen molar-refractivity contribution in [2.24, 2.45) is 0 Å².